The first-order valence-corrected chi connectivity index (χ1v) is 7.11. The van der Waals surface area contributed by atoms with Crippen LogP contribution in [0.5, 0.6) is 0 Å². The molecule has 1 atom stereocenters. The fourth-order valence-corrected chi connectivity index (χ4v) is 2.65. The molecule has 1 fully saturated rings. The second kappa shape index (κ2) is 6.34. The molecule has 1 N–H and O–H groups in total. The predicted molar refractivity (Wildman–Crippen MR) is 74.4 cm³/mol. The van der Waals surface area contributed by atoms with Gasteiger partial charge >= 0.3 is 0 Å². The lowest BCUT2D eigenvalue weighted by Gasteiger charge is -2.24. The first-order valence-electron chi connectivity index (χ1n) is 7.11. The van der Waals surface area contributed by atoms with Crippen molar-refractivity contribution >= 4 is 0 Å². The van der Waals surface area contributed by atoms with Crippen molar-refractivity contribution in [3.05, 3.63) is 18.0 Å². The van der Waals surface area contributed by atoms with E-state index >= 15 is 0 Å². The molecule has 2 heterocycles. The van der Waals surface area contributed by atoms with Crippen LogP contribution in [0.3, 0.4) is 0 Å². The zero-order valence-electron chi connectivity index (χ0n) is 11.9. The summed E-state index contributed by atoms with van der Waals surface area (Å²) in [5, 5.41) is 8.05. The van der Waals surface area contributed by atoms with Crippen molar-refractivity contribution in [3.8, 4) is 0 Å². The Labute approximate surface area is 110 Å². The van der Waals surface area contributed by atoms with Crippen molar-refractivity contribution in [1.29, 1.82) is 0 Å². The van der Waals surface area contributed by atoms with Crippen LogP contribution in [0, 0.1) is 0 Å². The summed E-state index contributed by atoms with van der Waals surface area (Å²) >= 11 is 0. The summed E-state index contributed by atoms with van der Waals surface area (Å²) in [6, 6.07) is 3.42. The smallest absolute Gasteiger partial charge is 0.0762 e. The van der Waals surface area contributed by atoms with Gasteiger partial charge in [0.05, 0.1) is 5.69 Å². The molecule has 1 aliphatic heterocycles. The SMILES string of the molecule is CC(C)N1CCCC(NCc2ccn(C)n2)CC1. The topological polar surface area (TPSA) is 33.1 Å². The van der Waals surface area contributed by atoms with E-state index in [1.165, 1.54) is 32.4 Å². The molecule has 0 radical (unpaired) electrons. The van der Waals surface area contributed by atoms with Gasteiger partial charge in [-0.05, 0) is 52.3 Å². The summed E-state index contributed by atoms with van der Waals surface area (Å²) in [6.07, 6.45) is 5.85. The molecule has 0 saturated carbocycles. The first kappa shape index (κ1) is 13.6. The quantitative estimate of drug-likeness (QED) is 0.884. The fourth-order valence-electron chi connectivity index (χ4n) is 2.65. The van der Waals surface area contributed by atoms with Crippen molar-refractivity contribution in [1.82, 2.24) is 20.0 Å². The number of nitrogens with zero attached hydrogens (tertiary/aromatic N) is 3. The van der Waals surface area contributed by atoms with E-state index in [0.29, 0.717) is 12.1 Å². The van der Waals surface area contributed by atoms with Crippen LogP contribution < -0.4 is 5.32 Å². The third-order valence-corrected chi connectivity index (χ3v) is 3.83. The highest BCUT2D eigenvalue weighted by Gasteiger charge is 2.18. The average Bonchev–Trinajstić information content (AvgIpc) is 2.62. The molecule has 0 bridgehead atoms. The van der Waals surface area contributed by atoms with Crippen LogP contribution in [0.2, 0.25) is 0 Å². The maximum Gasteiger partial charge on any atom is 0.0762 e. The number of aromatic nitrogens is 2. The minimum Gasteiger partial charge on any atom is -0.308 e. The van der Waals surface area contributed by atoms with Gasteiger partial charge in [0, 0.05) is 31.9 Å². The van der Waals surface area contributed by atoms with Gasteiger partial charge in [0.15, 0.2) is 0 Å². The number of nitrogens with one attached hydrogen (secondary N) is 1. The molecule has 1 unspecified atom stereocenters. The van der Waals surface area contributed by atoms with E-state index in [2.05, 4.69) is 35.2 Å². The number of hydrogen-bond donors (Lipinski definition) is 1. The van der Waals surface area contributed by atoms with Crippen LogP contribution in [-0.2, 0) is 13.6 Å². The van der Waals surface area contributed by atoms with Crippen molar-refractivity contribution in [3.63, 3.8) is 0 Å². The molecule has 1 aromatic rings. The molecule has 0 spiro atoms. The van der Waals surface area contributed by atoms with Gasteiger partial charge in [-0.25, -0.2) is 0 Å². The van der Waals surface area contributed by atoms with Crippen LogP contribution in [0.1, 0.15) is 38.8 Å². The van der Waals surface area contributed by atoms with Gasteiger partial charge in [0.2, 0.25) is 0 Å². The molecule has 4 nitrogen and oxygen atoms in total. The lowest BCUT2D eigenvalue weighted by molar-refractivity contribution is 0.229. The number of likely N-dealkylation sites (tertiary alicyclic amines) is 1. The number of aryl methyl sites for hydroxylation is 1. The van der Waals surface area contributed by atoms with Gasteiger partial charge < -0.3 is 10.2 Å². The summed E-state index contributed by atoms with van der Waals surface area (Å²) in [5.41, 5.74) is 1.14. The summed E-state index contributed by atoms with van der Waals surface area (Å²) < 4.78 is 1.87. The maximum absolute atomic E-state index is 4.41. The molecule has 18 heavy (non-hydrogen) atoms. The molecule has 1 aromatic heterocycles. The van der Waals surface area contributed by atoms with Crippen molar-refractivity contribution in [2.75, 3.05) is 13.1 Å². The highest BCUT2D eigenvalue weighted by molar-refractivity contribution is 4.98. The number of hydrogen-bond acceptors (Lipinski definition) is 3. The maximum atomic E-state index is 4.41. The van der Waals surface area contributed by atoms with Gasteiger partial charge in [-0.2, -0.15) is 5.10 Å². The molecular formula is C14H26N4. The van der Waals surface area contributed by atoms with E-state index in [0.717, 1.165) is 12.2 Å². The van der Waals surface area contributed by atoms with Crippen LogP contribution >= 0.6 is 0 Å². The fraction of sp³-hybridized carbons (Fsp3) is 0.786. The second-order valence-electron chi connectivity index (χ2n) is 5.62. The van der Waals surface area contributed by atoms with E-state index in [9.17, 15) is 0 Å². The molecule has 0 aliphatic carbocycles. The Morgan fingerprint density at radius 3 is 2.89 bits per heavy atom. The van der Waals surface area contributed by atoms with Crippen LogP contribution in [0.15, 0.2) is 12.3 Å². The Hall–Kier alpha value is -0.870. The Balaban J connectivity index is 1.77. The van der Waals surface area contributed by atoms with E-state index in [4.69, 9.17) is 0 Å². The third kappa shape index (κ3) is 3.82. The summed E-state index contributed by atoms with van der Waals surface area (Å²) in [7, 11) is 1.97. The normalized spacial score (nSPS) is 22.3. The molecule has 102 valence electrons. The van der Waals surface area contributed by atoms with Gasteiger partial charge in [0.1, 0.15) is 0 Å². The van der Waals surface area contributed by atoms with E-state index < -0.39 is 0 Å². The van der Waals surface area contributed by atoms with Crippen molar-refractivity contribution in [2.45, 2.75) is 51.7 Å². The zero-order chi connectivity index (χ0) is 13.0. The highest BCUT2D eigenvalue weighted by Crippen LogP contribution is 2.13. The van der Waals surface area contributed by atoms with Gasteiger partial charge in [-0.3, -0.25) is 4.68 Å². The van der Waals surface area contributed by atoms with Gasteiger partial charge in [0.25, 0.3) is 0 Å². The van der Waals surface area contributed by atoms with Crippen LogP contribution in [0.4, 0.5) is 0 Å². The lowest BCUT2D eigenvalue weighted by Crippen LogP contribution is -2.33. The third-order valence-electron chi connectivity index (χ3n) is 3.83. The Morgan fingerprint density at radius 1 is 1.39 bits per heavy atom. The largest absolute Gasteiger partial charge is 0.308 e. The molecule has 1 saturated heterocycles. The molecule has 2 rings (SSSR count). The second-order valence-corrected chi connectivity index (χ2v) is 5.62. The zero-order valence-corrected chi connectivity index (χ0v) is 11.9. The molecule has 0 aromatic carbocycles. The van der Waals surface area contributed by atoms with Gasteiger partial charge in [-0.1, -0.05) is 0 Å². The molecule has 0 amide bonds. The predicted octanol–water partition coefficient (Wildman–Crippen LogP) is 1.77. The summed E-state index contributed by atoms with van der Waals surface area (Å²) in [5.74, 6) is 0. The minimum atomic E-state index is 0.649. The molecule has 4 heteroatoms. The Morgan fingerprint density at radius 2 is 2.22 bits per heavy atom. The van der Waals surface area contributed by atoms with Crippen LogP contribution in [0.25, 0.3) is 0 Å². The Bertz CT molecular complexity index is 358. The van der Waals surface area contributed by atoms with Gasteiger partial charge in [-0.15, -0.1) is 0 Å². The highest BCUT2D eigenvalue weighted by atomic mass is 15.3. The average molecular weight is 250 g/mol. The van der Waals surface area contributed by atoms with E-state index in [1.54, 1.807) is 0 Å². The lowest BCUT2D eigenvalue weighted by atomic mass is 10.1. The number of rotatable bonds is 4. The minimum absolute atomic E-state index is 0.649. The summed E-state index contributed by atoms with van der Waals surface area (Å²) in [6.45, 7) is 7.95. The van der Waals surface area contributed by atoms with Crippen molar-refractivity contribution in [2.24, 2.45) is 7.05 Å². The van der Waals surface area contributed by atoms with Crippen LogP contribution in [-0.4, -0.2) is 39.9 Å². The monoisotopic (exact) mass is 250 g/mol. The Kier molecular flexibility index (Phi) is 4.78. The molecule has 1 aliphatic rings. The van der Waals surface area contributed by atoms with E-state index in [-0.39, 0.29) is 0 Å². The summed E-state index contributed by atoms with van der Waals surface area (Å²) in [4.78, 5) is 2.59. The first-order chi connectivity index (χ1) is 8.65. The molecular weight excluding hydrogens is 224 g/mol. The van der Waals surface area contributed by atoms with E-state index in [1.807, 2.05) is 17.9 Å². The standard InChI is InChI=1S/C14H26N4/c1-12(2)18-8-4-5-13(7-10-18)15-11-14-6-9-17(3)16-14/h6,9,12-13,15H,4-5,7-8,10-11H2,1-3H3. The van der Waals surface area contributed by atoms with Crippen molar-refractivity contribution < 1.29 is 0 Å².